The van der Waals surface area contributed by atoms with Crippen molar-refractivity contribution in [3.63, 3.8) is 0 Å². The third-order valence-electron chi connectivity index (χ3n) is 4.79. The van der Waals surface area contributed by atoms with E-state index in [1.165, 1.54) is 11.1 Å². The normalized spacial score (nSPS) is 18.5. The number of benzene rings is 2. The van der Waals surface area contributed by atoms with Gasteiger partial charge < -0.3 is 20.3 Å². The summed E-state index contributed by atoms with van der Waals surface area (Å²) in [6, 6.07) is 15.0. The number of urea groups is 1. The molecule has 2 N–H and O–H groups in total. The fourth-order valence-electron chi connectivity index (χ4n) is 3.30. The van der Waals surface area contributed by atoms with Crippen LogP contribution in [0.15, 0.2) is 48.5 Å². The van der Waals surface area contributed by atoms with Crippen LogP contribution in [-0.2, 0) is 17.8 Å². The number of carbonyl (C=O) groups is 2. The molecular weight excluding hydrogens is 330 g/mol. The highest BCUT2D eigenvalue weighted by Crippen LogP contribution is 2.23. The predicted octanol–water partition coefficient (Wildman–Crippen LogP) is 2.75. The summed E-state index contributed by atoms with van der Waals surface area (Å²) in [5.41, 5.74) is 3.62. The fourth-order valence-corrected chi connectivity index (χ4v) is 3.30. The molecule has 134 valence electrons. The van der Waals surface area contributed by atoms with Crippen molar-refractivity contribution in [1.29, 1.82) is 0 Å². The molecule has 1 saturated heterocycles. The molecule has 0 aliphatic carbocycles. The van der Waals surface area contributed by atoms with Gasteiger partial charge in [-0.25, -0.2) is 4.79 Å². The molecule has 26 heavy (non-hydrogen) atoms. The van der Waals surface area contributed by atoms with Gasteiger partial charge in [-0.05, 0) is 41.8 Å². The van der Waals surface area contributed by atoms with Crippen molar-refractivity contribution in [2.24, 2.45) is 0 Å². The van der Waals surface area contributed by atoms with Crippen molar-refractivity contribution < 1.29 is 14.3 Å². The van der Waals surface area contributed by atoms with E-state index in [1.54, 1.807) is 29.2 Å². The largest absolute Gasteiger partial charge is 0.379 e. The molecule has 6 heteroatoms. The topological polar surface area (TPSA) is 70.7 Å². The molecule has 1 fully saturated rings. The van der Waals surface area contributed by atoms with Gasteiger partial charge in [0.1, 0.15) is 0 Å². The molecular formula is C20H21N3O3. The van der Waals surface area contributed by atoms with Gasteiger partial charge in [-0.1, -0.05) is 24.3 Å². The van der Waals surface area contributed by atoms with Crippen LogP contribution in [0.4, 0.5) is 10.5 Å². The Kier molecular flexibility index (Phi) is 4.58. The van der Waals surface area contributed by atoms with Gasteiger partial charge in [0, 0.05) is 30.9 Å². The zero-order chi connectivity index (χ0) is 17.9. The van der Waals surface area contributed by atoms with Crippen molar-refractivity contribution in [3.05, 3.63) is 65.2 Å². The first-order valence-electron chi connectivity index (χ1n) is 8.80. The van der Waals surface area contributed by atoms with Gasteiger partial charge in [-0.3, -0.25) is 4.79 Å². The maximum atomic E-state index is 12.5. The highest BCUT2D eigenvalue weighted by atomic mass is 16.5. The number of amides is 3. The highest BCUT2D eigenvalue weighted by Gasteiger charge is 2.23. The van der Waals surface area contributed by atoms with Crippen LogP contribution in [0, 0.1) is 0 Å². The second kappa shape index (κ2) is 7.17. The molecule has 2 heterocycles. The Bertz CT molecular complexity index is 788. The van der Waals surface area contributed by atoms with Crippen LogP contribution in [-0.4, -0.2) is 36.1 Å². The third-order valence-corrected chi connectivity index (χ3v) is 4.79. The first-order chi connectivity index (χ1) is 12.7. The Morgan fingerprint density at radius 3 is 2.31 bits per heavy atom. The van der Waals surface area contributed by atoms with E-state index in [1.807, 2.05) is 24.3 Å². The highest BCUT2D eigenvalue weighted by molar-refractivity contribution is 5.95. The molecule has 0 saturated carbocycles. The van der Waals surface area contributed by atoms with Crippen molar-refractivity contribution in [1.82, 2.24) is 10.2 Å². The third kappa shape index (κ3) is 3.55. The van der Waals surface area contributed by atoms with E-state index in [-0.39, 0.29) is 18.0 Å². The molecule has 0 radical (unpaired) electrons. The van der Waals surface area contributed by atoms with Crippen LogP contribution in [0.5, 0.6) is 0 Å². The van der Waals surface area contributed by atoms with Gasteiger partial charge in [0.25, 0.3) is 5.91 Å². The maximum absolute atomic E-state index is 12.5. The van der Waals surface area contributed by atoms with Gasteiger partial charge in [0.05, 0.1) is 12.6 Å². The monoisotopic (exact) mass is 351 g/mol. The van der Waals surface area contributed by atoms with Gasteiger partial charge >= 0.3 is 6.03 Å². The Balaban J connectivity index is 1.34. The summed E-state index contributed by atoms with van der Waals surface area (Å²) < 4.78 is 5.26. The summed E-state index contributed by atoms with van der Waals surface area (Å²) in [5.74, 6) is -0.117. The first-order valence-corrected chi connectivity index (χ1v) is 8.80. The number of fused-ring (bicyclic) bond motifs is 1. The number of hydrogen-bond donors (Lipinski definition) is 2. The van der Waals surface area contributed by atoms with Crippen LogP contribution in [0.1, 0.15) is 27.9 Å². The molecule has 2 aromatic rings. The van der Waals surface area contributed by atoms with E-state index < -0.39 is 0 Å². The fraction of sp³-hybridized carbons (Fsp3) is 0.300. The standard InChI is InChI=1S/C20H21N3O3/c24-19(21-18-9-10-26-13-18)14-5-7-17(8-6-14)22-20(25)23-11-15-3-1-2-4-16(15)12-23/h1-8,18H,9-13H2,(H,21,24)(H,22,25)/t18-/m0/s1. The summed E-state index contributed by atoms with van der Waals surface area (Å²) in [4.78, 5) is 26.4. The van der Waals surface area contributed by atoms with Gasteiger partial charge in [0.15, 0.2) is 0 Å². The van der Waals surface area contributed by atoms with E-state index in [4.69, 9.17) is 4.74 Å². The van der Waals surface area contributed by atoms with Crippen LogP contribution in [0.3, 0.4) is 0 Å². The summed E-state index contributed by atoms with van der Waals surface area (Å²) in [6.45, 7) is 2.49. The van der Waals surface area contributed by atoms with E-state index in [0.29, 0.717) is 37.6 Å². The summed E-state index contributed by atoms with van der Waals surface area (Å²) in [7, 11) is 0. The zero-order valence-electron chi connectivity index (χ0n) is 14.4. The molecule has 4 rings (SSSR count). The number of rotatable bonds is 3. The number of anilines is 1. The summed E-state index contributed by atoms with van der Waals surface area (Å²) >= 11 is 0. The molecule has 6 nitrogen and oxygen atoms in total. The van der Waals surface area contributed by atoms with Crippen molar-refractivity contribution in [2.75, 3.05) is 18.5 Å². The molecule has 2 aromatic carbocycles. The van der Waals surface area contributed by atoms with Crippen LogP contribution in [0.2, 0.25) is 0 Å². The van der Waals surface area contributed by atoms with Gasteiger partial charge in [-0.15, -0.1) is 0 Å². The van der Waals surface area contributed by atoms with Crippen molar-refractivity contribution in [3.8, 4) is 0 Å². The lowest BCUT2D eigenvalue weighted by Crippen LogP contribution is -2.35. The minimum atomic E-state index is -0.137. The number of carbonyl (C=O) groups excluding carboxylic acids is 2. The minimum Gasteiger partial charge on any atom is -0.379 e. The van der Waals surface area contributed by atoms with Crippen LogP contribution in [0.25, 0.3) is 0 Å². The van der Waals surface area contributed by atoms with E-state index in [0.717, 1.165) is 6.42 Å². The summed E-state index contributed by atoms with van der Waals surface area (Å²) in [5, 5.41) is 5.84. The zero-order valence-corrected chi connectivity index (χ0v) is 14.4. The number of nitrogens with one attached hydrogen (secondary N) is 2. The summed E-state index contributed by atoms with van der Waals surface area (Å²) in [6.07, 6.45) is 0.845. The first kappa shape index (κ1) is 16.6. The predicted molar refractivity (Wildman–Crippen MR) is 97.8 cm³/mol. The lowest BCUT2D eigenvalue weighted by Gasteiger charge is -2.16. The Hall–Kier alpha value is -2.86. The van der Waals surface area contributed by atoms with E-state index in [2.05, 4.69) is 10.6 Å². The molecule has 0 spiro atoms. The molecule has 0 aromatic heterocycles. The Morgan fingerprint density at radius 2 is 1.69 bits per heavy atom. The van der Waals surface area contributed by atoms with Crippen LogP contribution < -0.4 is 10.6 Å². The smallest absolute Gasteiger partial charge is 0.322 e. The van der Waals surface area contributed by atoms with Gasteiger partial charge in [-0.2, -0.15) is 0 Å². The average Bonchev–Trinajstić information content (AvgIpc) is 3.31. The molecule has 2 aliphatic heterocycles. The molecule has 0 bridgehead atoms. The number of hydrogen-bond acceptors (Lipinski definition) is 3. The van der Waals surface area contributed by atoms with E-state index in [9.17, 15) is 9.59 Å². The Morgan fingerprint density at radius 1 is 1.00 bits per heavy atom. The SMILES string of the molecule is O=C(N[C@H]1CCOC1)c1ccc(NC(=O)N2Cc3ccccc3C2)cc1. The molecule has 3 amide bonds. The van der Waals surface area contributed by atoms with Crippen LogP contribution >= 0.6 is 0 Å². The van der Waals surface area contributed by atoms with Crippen molar-refractivity contribution >= 4 is 17.6 Å². The lowest BCUT2D eigenvalue weighted by molar-refractivity contribution is 0.0930. The van der Waals surface area contributed by atoms with Crippen molar-refractivity contribution in [2.45, 2.75) is 25.6 Å². The lowest BCUT2D eigenvalue weighted by atomic mass is 10.1. The maximum Gasteiger partial charge on any atom is 0.322 e. The van der Waals surface area contributed by atoms with E-state index >= 15 is 0 Å². The number of nitrogens with zero attached hydrogens (tertiary/aromatic N) is 1. The van der Waals surface area contributed by atoms with Gasteiger partial charge in [0.2, 0.25) is 0 Å². The molecule has 2 aliphatic rings. The Labute approximate surface area is 152 Å². The quantitative estimate of drug-likeness (QED) is 0.893. The molecule has 0 unspecified atom stereocenters. The minimum absolute atomic E-state index is 0.0821. The molecule has 1 atom stereocenters. The second-order valence-electron chi connectivity index (χ2n) is 6.67. The second-order valence-corrected chi connectivity index (χ2v) is 6.67. The average molecular weight is 351 g/mol. The number of ether oxygens (including phenoxy) is 1.